The normalized spacial score (nSPS) is 10.3. The van der Waals surface area contributed by atoms with E-state index in [0.717, 1.165) is 12.1 Å². The van der Waals surface area contributed by atoms with Crippen LogP contribution in [0.25, 0.3) is 0 Å². The van der Waals surface area contributed by atoms with Gasteiger partial charge in [-0.1, -0.05) is 19.1 Å². The van der Waals surface area contributed by atoms with Crippen molar-refractivity contribution in [3.63, 3.8) is 0 Å². The number of benzene rings is 2. The molecule has 0 unspecified atom stereocenters. The van der Waals surface area contributed by atoms with E-state index < -0.39 is 0 Å². The Labute approximate surface area is 119 Å². The van der Waals surface area contributed by atoms with Gasteiger partial charge in [-0.3, -0.25) is 4.79 Å². The first kappa shape index (κ1) is 14.1. The molecule has 1 N–H and O–H groups in total. The molecule has 2 aromatic carbocycles. The molecule has 0 heterocycles. The van der Waals surface area contributed by atoms with Crippen LogP contribution in [0, 0.1) is 0 Å². The molecule has 3 nitrogen and oxygen atoms in total. The second-order valence-corrected chi connectivity index (χ2v) is 4.85. The second-order valence-electron chi connectivity index (χ2n) is 4.85. The highest BCUT2D eigenvalue weighted by Crippen LogP contribution is 2.16. The predicted octanol–water partition coefficient (Wildman–Crippen LogP) is 3.27. The summed E-state index contributed by atoms with van der Waals surface area (Å²) in [5.41, 5.74) is 2.92. The van der Waals surface area contributed by atoms with Crippen LogP contribution < -0.4 is 4.90 Å². The van der Waals surface area contributed by atoms with E-state index in [-0.39, 0.29) is 11.5 Å². The molecule has 0 amide bonds. The lowest BCUT2D eigenvalue weighted by Crippen LogP contribution is -2.25. The first-order chi connectivity index (χ1) is 9.60. The van der Waals surface area contributed by atoms with Crippen molar-refractivity contribution >= 4 is 11.5 Å². The van der Waals surface area contributed by atoms with Crippen molar-refractivity contribution in [3.05, 3.63) is 59.7 Å². The van der Waals surface area contributed by atoms with Crippen LogP contribution in [0.2, 0.25) is 0 Å². The number of likely N-dealkylation sites (N-methyl/N-ethyl adjacent to an activating group) is 1. The Bertz CT molecular complexity index is 573. The van der Waals surface area contributed by atoms with Gasteiger partial charge in [-0.15, -0.1) is 0 Å². The molecule has 0 aliphatic heterocycles. The molecule has 0 fully saturated rings. The van der Waals surface area contributed by atoms with Crippen LogP contribution >= 0.6 is 0 Å². The van der Waals surface area contributed by atoms with Crippen LogP contribution in [0.1, 0.15) is 22.8 Å². The molecule has 0 bridgehead atoms. The molecular weight excluding hydrogens is 250 g/mol. The summed E-state index contributed by atoms with van der Waals surface area (Å²) in [6, 6.07) is 14.6. The number of hydrogen-bond acceptors (Lipinski definition) is 3. The smallest absolute Gasteiger partial charge is 0.182 e. The van der Waals surface area contributed by atoms with Gasteiger partial charge >= 0.3 is 0 Å². The number of carbonyl (C=O) groups is 1. The average Bonchev–Trinajstić information content (AvgIpc) is 2.48. The number of aromatic hydroxyl groups is 1. The Balaban J connectivity index is 2.04. The summed E-state index contributed by atoms with van der Waals surface area (Å²) < 4.78 is 0. The summed E-state index contributed by atoms with van der Waals surface area (Å²) in [5, 5.41) is 9.23. The first-order valence-corrected chi connectivity index (χ1v) is 6.72. The Kier molecular flexibility index (Phi) is 4.41. The molecule has 2 rings (SSSR count). The molecule has 0 saturated heterocycles. The van der Waals surface area contributed by atoms with E-state index in [2.05, 4.69) is 19.1 Å². The fourth-order valence-corrected chi connectivity index (χ4v) is 2.03. The fourth-order valence-electron chi connectivity index (χ4n) is 2.03. The van der Waals surface area contributed by atoms with Gasteiger partial charge in [0.1, 0.15) is 5.75 Å². The molecule has 0 spiro atoms. The highest BCUT2D eigenvalue weighted by Gasteiger charge is 2.10. The number of ketones is 1. The van der Waals surface area contributed by atoms with Gasteiger partial charge in [0.05, 0.1) is 6.54 Å². The lowest BCUT2D eigenvalue weighted by molar-refractivity contribution is 0.100. The van der Waals surface area contributed by atoms with Crippen LogP contribution in [0.15, 0.2) is 48.5 Å². The molecule has 0 aromatic heterocycles. The van der Waals surface area contributed by atoms with Gasteiger partial charge in [0.2, 0.25) is 0 Å². The summed E-state index contributed by atoms with van der Waals surface area (Å²) in [6.07, 6.45) is 1.01. The Morgan fingerprint density at radius 3 is 2.20 bits per heavy atom. The molecule has 2 aromatic rings. The van der Waals surface area contributed by atoms with Crippen LogP contribution in [0.4, 0.5) is 5.69 Å². The minimum atomic E-state index is 0.0343. The number of carbonyl (C=O) groups excluding carboxylic acids is 1. The first-order valence-electron chi connectivity index (χ1n) is 6.72. The van der Waals surface area contributed by atoms with E-state index in [9.17, 15) is 9.90 Å². The van der Waals surface area contributed by atoms with E-state index in [4.69, 9.17) is 0 Å². The Morgan fingerprint density at radius 2 is 1.65 bits per heavy atom. The molecule has 3 heteroatoms. The van der Waals surface area contributed by atoms with Crippen LogP contribution in [-0.2, 0) is 6.42 Å². The molecule has 0 radical (unpaired) electrons. The van der Waals surface area contributed by atoms with E-state index in [1.165, 1.54) is 17.7 Å². The summed E-state index contributed by atoms with van der Waals surface area (Å²) in [4.78, 5) is 14.1. The van der Waals surface area contributed by atoms with E-state index in [0.29, 0.717) is 12.1 Å². The van der Waals surface area contributed by atoms with Crippen molar-refractivity contribution in [2.45, 2.75) is 13.3 Å². The molecule has 0 atom stereocenters. The number of rotatable bonds is 5. The molecule has 104 valence electrons. The van der Waals surface area contributed by atoms with Gasteiger partial charge in [-0.25, -0.2) is 0 Å². The highest BCUT2D eigenvalue weighted by atomic mass is 16.3. The van der Waals surface area contributed by atoms with E-state index in [1.54, 1.807) is 12.1 Å². The molecule has 0 aliphatic carbocycles. The molecular formula is C17H19NO2. The largest absolute Gasteiger partial charge is 0.508 e. The summed E-state index contributed by atoms with van der Waals surface area (Å²) in [6.45, 7) is 2.43. The number of phenolic OH excluding ortho intramolecular Hbond substituents is 1. The number of hydrogen-bond donors (Lipinski definition) is 1. The van der Waals surface area contributed by atoms with Crippen molar-refractivity contribution < 1.29 is 9.90 Å². The number of nitrogens with zero attached hydrogens (tertiary/aromatic N) is 1. The lowest BCUT2D eigenvalue weighted by Gasteiger charge is -2.18. The minimum Gasteiger partial charge on any atom is -0.508 e. The van der Waals surface area contributed by atoms with Crippen LogP contribution in [0.3, 0.4) is 0 Å². The number of aryl methyl sites for hydroxylation is 1. The number of anilines is 1. The molecule has 0 saturated carbocycles. The summed E-state index contributed by atoms with van der Waals surface area (Å²) >= 11 is 0. The zero-order valence-electron chi connectivity index (χ0n) is 11.8. The van der Waals surface area contributed by atoms with Crippen molar-refractivity contribution in [1.82, 2.24) is 0 Å². The molecule has 0 aliphatic rings. The van der Waals surface area contributed by atoms with Gasteiger partial charge < -0.3 is 10.0 Å². The summed E-state index contributed by atoms with van der Waals surface area (Å²) in [5.74, 6) is 0.206. The van der Waals surface area contributed by atoms with Crippen molar-refractivity contribution in [2.75, 3.05) is 18.5 Å². The summed E-state index contributed by atoms with van der Waals surface area (Å²) in [7, 11) is 1.90. The average molecular weight is 269 g/mol. The van der Waals surface area contributed by atoms with Gasteiger partial charge in [0.15, 0.2) is 5.78 Å². The standard InChI is InChI=1S/C17H19NO2/c1-3-13-4-8-15(9-5-13)18(2)12-17(20)14-6-10-16(19)11-7-14/h4-11,19H,3,12H2,1-2H3. The van der Waals surface area contributed by atoms with Crippen molar-refractivity contribution in [2.24, 2.45) is 0 Å². The quantitative estimate of drug-likeness (QED) is 0.847. The monoisotopic (exact) mass is 269 g/mol. The van der Waals surface area contributed by atoms with Gasteiger partial charge in [0.25, 0.3) is 0 Å². The maximum atomic E-state index is 12.1. The zero-order valence-corrected chi connectivity index (χ0v) is 11.8. The molecule has 20 heavy (non-hydrogen) atoms. The van der Waals surface area contributed by atoms with Gasteiger partial charge in [-0.2, -0.15) is 0 Å². The Morgan fingerprint density at radius 1 is 1.05 bits per heavy atom. The van der Waals surface area contributed by atoms with Crippen molar-refractivity contribution in [3.8, 4) is 5.75 Å². The van der Waals surface area contributed by atoms with E-state index >= 15 is 0 Å². The van der Waals surface area contributed by atoms with Gasteiger partial charge in [-0.05, 0) is 48.4 Å². The zero-order chi connectivity index (χ0) is 14.5. The third-order valence-electron chi connectivity index (χ3n) is 3.36. The van der Waals surface area contributed by atoms with Gasteiger partial charge in [0, 0.05) is 18.3 Å². The fraction of sp³-hybridized carbons (Fsp3) is 0.235. The topological polar surface area (TPSA) is 40.5 Å². The maximum absolute atomic E-state index is 12.1. The van der Waals surface area contributed by atoms with E-state index in [1.807, 2.05) is 24.1 Å². The Hall–Kier alpha value is -2.29. The predicted molar refractivity (Wildman–Crippen MR) is 81.5 cm³/mol. The third kappa shape index (κ3) is 3.38. The third-order valence-corrected chi connectivity index (χ3v) is 3.36. The number of Topliss-reactive ketones (excluding diaryl/α,β-unsaturated/α-hetero) is 1. The maximum Gasteiger partial charge on any atom is 0.182 e. The SMILES string of the molecule is CCc1ccc(N(C)CC(=O)c2ccc(O)cc2)cc1. The highest BCUT2D eigenvalue weighted by molar-refractivity contribution is 5.99. The lowest BCUT2D eigenvalue weighted by atomic mass is 10.1. The minimum absolute atomic E-state index is 0.0343. The van der Waals surface area contributed by atoms with Crippen LogP contribution in [-0.4, -0.2) is 24.5 Å². The number of phenols is 1. The van der Waals surface area contributed by atoms with Crippen molar-refractivity contribution in [1.29, 1.82) is 0 Å². The van der Waals surface area contributed by atoms with Crippen LogP contribution in [0.5, 0.6) is 5.75 Å². The second kappa shape index (κ2) is 6.24.